The molecule has 0 bridgehead atoms. The van der Waals surface area contributed by atoms with Crippen molar-refractivity contribution in [3.63, 3.8) is 0 Å². The number of hydrogen-bond acceptors (Lipinski definition) is 1. The van der Waals surface area contributed by atoms with Gasteiger partial charge in [-0.25, -0.2) is 4.98 Å². The van der Waals surface area contributed by atoms with Crippen LogP contribution in [0.4, 0.5) is 0 Å². The van der Waals surface area contributed by atoms with Crippen molar-refractivity contribution < 1.29 is 0 Å². The quantitative estimate of drug-likeness (QED) is 0.707. The molecule has 1 unspecified atom stereocenters. The van der Waals surface area contributed by atoms with E-state index in [0.717, 1.165) is 6.42 Å². The van der Waals surface area contributed by atoms with E-state index in [0.29, 0.717) is 6.04 Å². The first-order valence-corrected chi connectivity index (χ1v) is 7.41. The lowest BCUT2D eigenvalue weighted by Gasteiger charge is -2.18. The van der Waals surface area contributed by atoms with Gasteiger partial charge >= 0.3 is 0 Å². The summed E-state index contributed by atoms with van der Waals surface area (Å²) in [6, 6.07) is 9.55. The molecule has 0 aliphatic heterocycles. The number of benzene rings is 1. The Morgan fingerprint density at radius 3 is 2.47 bits per heavy atom. The van der Waals surface area contributed by atoms with Crippen LogP contribution in [0.25, 0.3) is 0 Å². The Balaban J connectivity index is 2.13. The van der Waals surface area contributed by atoms with Crippen molar-refractivity contribution in [2.75, 3.05) is 0 Å². The van der Waals surface area contributed by atoms with Gasteiger partial charge in [-0.2, -0.15) is 0 Å². The van der Waals surface area contributed by atoms with Crippen LogP contribution in [0.2, 0.25) is 0 Å². The Labute approximate surface area is 116 Å². The van der Waals surface area contributed by atoms with Gasteiger partial charge in [0.25, 0.3) is 0 Å². The zero-order chi connectivity index (χ0) is 13.5. The fourth-order valence-corrected chi connectivity index (χ4v) is 2.50. The summed E-state index contributed by atoms with van der Waals surface area (Å²) >= 11 is 0. The van der Waals surface area contributed by atoms with E-state index >= 15 is 0 Å². The number of aromatic nitrogens is 2. The van der Waals surface area contributed by atoms with Crippen LogP contribution in [0.15, 0.2) is 43.0 Å². The van der Waals surface area contributed by atoms with E-state index < -0.39 is 0 Å². The lowest BCUT2D eigenvalue weighted by molar-refractivity contribution is 0.532. The summed E-state index contributed by atoms with van der Waals surface area (Å²) in [5, 5.41) is 0. The van der Waals surface area contributed by atoms with Crippen LogP contribution < -0.4 is 0 Å². The van der Waals surface area contributed by atoms with Crippen LogP contribution in [-0.4, -0.2) is 9.55 Å². The minimum Gasteiger partial charge on any atom is -0.330 e. The molecule has 1 atom stereocenters. The summed E-state index contributed by atoms with van der Waals surface area (Å²) < 4.78 is 2.21. The van der Waals surface area contributed by atoms with E-state index in [1.807, 2.05) is 12.5 Å². The molecule has 0 amide bonds. The van der Waals surface area contributed by atoms with E-state index in [1.54, 1.807) is 0 Å². The second-order valence-electron chi connectivity index (χ2n) is 5.16. The first-order valence-electron chi connectivity index (χ1n) is 7.41. The summed E-state index contributed by atoms with van der Waals surface area (Å²) in [5.74, 6) is 0. The third-order valence-corrected chi connectivity index (χ3v) is 3.63. The maximum Gasteiger partial charge on any atom is 0.0951 e. The molecule has 0 N–H and O–H groups in total. The average Bonchev–Trinajstić information content (AvgIpc) is 2.97. The van der Waals surface area contributed by atoms with Gasteiger partial charge in [0.05, 0.1) is 12.4 Å². The second-order valence-corrected chi connectivity index (χ2v) is 5.16. The van der Waals surface area contributed by atoms with Gasteiger partial charge in [0, 0.05) is 12.4 Å². The molecule has 19 heavy (non-hydrogen) atoms. The number of aryl methyl sites for hydroxylation is 1. The molecule has 2 nitrogen and oxygen atoms in total. The highest BCUT2D eigenvalue weighted by atomic mass is 15.0. The maximum absolute atomic E-state index is 4.17. The molecule has 0 radical (unpaired) electrons. The van der Waals surface area contributed by atoms with Crippen LogP contribution in [0.3, 0.4) is 0 Å². The summed E-state index contributed by atoms with van der Waals surface area (Å²) in [6.45, 7) is 4.48. The van der Waals surface area contributed by atoms with Crippen LogP contribution in [-0.2, 0) is 6.42 Å². The molecule has 2 rings (SSSR count). The highest BCUT2D eigenvalue weighted by Gasteiger charge is 2.11. The van der Waals surface area contributed by atoms with Crippen molar-refractivity contribution in [2.24, 2.45) is 0 Å². The molecule has 1 aromatic heterocycles. The zero-order valence-electron chi connectivity index (χ0n) is 12.0. The Kier molecular flexibility index (Phi) is 5.20. The van der Waals surface area contributed by atoms with Gasteiger partial charge in [-0.3, -0.25) is 0 Å². The fourth-order valence-electron chi connectivity index (χ4n) is 2.50. The maximum atomic E-state index is 4.17. The summed E-state index contributed by atoms with van der Waals surface area (Å²) in [4.78, 5) is 4.17. The number of rotatable bonds is 7. The van der Waals surface area contributed by atoms with Gasteiger partial charge in [0.2, 0.25) is 0 Å². The predicted octanol–water partition coefficient (Wildman–Crippen LogP) is 4.62. The molecule has 0 spiro atoms. The van der Waals surface area contributed by atoms with Gasteiger partial charge in [-0.15, -0.1) is 0 Å². The monoisotopic (exact) mass is 256 g/mol. The van der Waals surface area contributed by atoms with Crippen LogP contribution in [0, 0.1) is 0 Å². The molecule has 1 aromatic carbocycles. The van der Waals surface area contributed by atoms with Crippen molar-refractivity contribution in [3.8, 4) is 0 Å². The minimum absolute atomic E-state index is 0.424. The van der Waals surface area contributed by atoms with Crippen molar-refractivity contribution in [2.45, 2.75) is 52.0 Å². The Morgan fingerprint density at radius 2 is 1.89 bits per heavy atom. The van der Waals surface area contributed by atoms with Crippen molar-refractivity contribution in [1.29, 1.82) is 0 Å². The third-order valence-electron chi connectivity index (χ3n) is 3.63. The van der Waals surface area contributed by atoms with E-state index in [-0.39, 0.29) is 0 Å². The largest absolute Gasteiger partial charge is 0.330 e. The molecule has 1 heterocycles. The zero-order valence-corrected chi connectivity index (χ0v) is 12.0. The van der Waals surface area contributed by atoms with Gasteiger partial charge in [0.1, 0.15) is 0 Å². The number of hydrogen-bond donors (Lipinski definition) is 0. The molecule has 0 aliphatic carbocycles. The number of unbranched alkanes of at least 4 members (excludes halogenated alkanes) is 1. The third kappa shape index (κ3) is 3.69. The van der Waals surface area contributed by atoms with E-state index in [4.69, 9.17) is 0 Å². The van der Waals surface area contributed by atoms with Gasteiger partial charge in [-0.1, -0.05) is 51.0 Å². The number of imidazole rings is 1. The van der Waals surface area contributed by atoms with E-state index in [2.05, 4.69) is 53.9 Å². The molecule has 0 saturated heterocycles. The topological polar surface area (TPSA) is 17.8 Å². The summed E-state index contributed by atoms with van der Waals surface area (Å²) in [6.07, 6.45) is 11.9. The van der Waals surface area contributed by atoms with E-state index in [9.17, 15) is 0 Å². The molecular weight excluding hydrogens is 232 g/mol. The fraction of sp³-hybridized carbons (Fsp3) is 0.471. The van der Waals surface area contributed by atoms with E-state index in [1.165, 1.54) is 36.8 Å². The smallest absolute Gasteiger partial charge is 0.0951 e. The van der Waals surface area contributed by atoms with Crippen molar-refractivity contribution in [1.82, 2.24) is 9.55 Å². The normalized spacial score (nSPS) is 12.5. The lowest BCUT2D eigenvalue weighted by Crippen LogP contribution is -2.08. The molecule has 2 heteroatoms. The summed E-state index contributed by atoms with van der Waals surface area (Å²) in [5.41, 5.74) is 2.84. The molecule has 0 aliphatic rings. The summed E-state index contributed by atoms with van der Waals surface area (Å²) in [7, 11) is 0. The minimum atomic E-state index is 0.424. The van der Waals surface area contributed by atoms with Gasteiger partial charge in [0.15, 0.2) is 0 Å². The molecule has 102 valence electrons. The second kappa shape index (κ2) is 7.13. The number of nitrogens with zero attached hydrogens (tertiary/aromatic N) is 2. The van der Waals surface area contributed by atoms with Gasteiger partial charge in [-0.05, 0) is 30.4 Å². The average molecular weight is 256 g/mol. The first kappa shape index (κ1) is 13.9. The van der Waals surface area contributed by atoms with Crippen LogP contribution in [0.1, 0.15) is 56.7 Å². The molecule has 2 aromatic rings. The molecule has 0 fully saturated rings. The van der Waals surface area contributed by atoms with Crippen molar-refractivity contribution >= 4 is 0 Å². The SMILES string of the molecule is CCCCc1ccc(C(CCC)n2ccnc2)cc1. The predicted molar refractivity (Wildman–Crippen MR) is 80.3 cm³/mol. The molecular formula is C17H24N2. The van der Waals surface area contributed by atoms with Crippen LogP contribution in [0.5, 0.6) is 0 Å². The highest BCUT2D eigenvalue weighted by Crippen LogP contribution is 2.23. The Bertz CT molecular complexity index is 457. The lowest BCUT2D eigenvalue weighted by atomic mass is 9.99. The Hall–Kier alpha value is -1.57. The highest BCUT2D eigenvalue weighted by molar-refractivity contribution is 5.25. The standard InChI is InChI=1S/C17H24N2/c1-3-5-7-15-8-10-16(11-9-15)17(6-4-2)19-13-12-18-14-19/h8-14,17H,3-7H2,1-2H3. The van der Waals surface area contributed by atoms with Gasteiger partial charge < -0.3 is 4.57 Å². The van der Waals surface area contributed by atoms with Crippen molar-refractivity contribution in [3.05, 3.63) is 54.1 Å². The van der Waals surface area contributed by atoms with Crippen LogP contribution >= 0.6 is 0 Å². The molecule has 0 saturated carbocycles. The Morgan fingerprint density at radius 1 is 1.11 bits per heavy atom. The first-order chi connectivity index (χ1) is 9.35.